The van der Waals surface area contributed by atoms with E-state index in [0.717, 1.165) is 17.5 Å². The van der Waals surface area contributed by atoms with Crippen LogP contribution in [0.25, 0.3) is 0 Å². The molecule has 0 saturated carbocycles. The second kappa shape index (κ2) is 5.28. The fourth-order valence-electron chi connectivity index (χ4n) is 2.27. The Bertz CT molecular complexity index is 602. The molecule has 2 aromatic rings. The minimum atomic E-state index is -4.39. The van der Waals surface area contributed by atoms with Crippen molar-refractivity contribution in [2.45, 2.75) is 25.6 Å². The van der Waals surface area contributed by atoms with E-state index >= 15 is 0 Å². The number of nitrogens with zero attached hydrogens (tertiary/aromatic N) is 2. The van der Waals surface area contributed by atoms with E-state index in [0.29, 0.717) is 6.42 Å². The van der Waals surface area contributed by atoms with Gasteiger partial charge < -0.3 is 5.73 Å². The van der Waals surface area contributed by atoms with Crippen molar-refractivity contribution in [1.82, 2.24) is 9.78 Å². The summed E-state index contributed by atoms with van der Waals surface area (Å²) in [6.07, 6.45) is -4.08. The van der Waals surface area contributed by atoms with Crippen molar-refractivity contribution in [3.8, 4) is 0 Å². The smallest absolute Gasteiger partial charge is 0.324 e. The monoisotopic (exact) mass is 283 g/mol. The maximum absolute atomic E-state index is 13.0. The summed E-state index contributed by atoms with van der Waals surface area (Å²) in [6, 6.07) is 6.53. The summed E-state index contributed by atoms with van der Waals surface area (Å²) in [7, 11) is 1.75. The first-order valence-electron chi connectivity index (χ1n) is 6.20. The molecule has 0 aliphatic rings. The summed E-state index contributed by atoms with van der Waals surface area (Å²) in [5.41, 5.74) is 7.03. The molecule has 2 rings (SSSR count). The molecule has 0 aliphatic heterocycles. The van der Waals surface area contributed by atoms with Crippen LogP contribution in [-0.2, 0) is 19.6 Å². The molecule has 1 heterocycles. The first-order valence-corrected chi connectivity index (χ1v) is 6.20. The van der Waals surface area contributed by atoms with Crippen LogP contribution in [0.1, 0.15) is 28.6 Å². The van der Waals surface area contributed by atoms with E-state index in [2.05, 4.69) is 5.10 Å². The zero-order valence-electron chi connectivity index (χ0n) is 11.3. The van der Waals surface area contributed by atoms with Crippen LogP contribution < -0.4 is 5.73 Å². The van der Waals surface area contributed by atoms with Gasteiger partial charge >= 0.3 is 6.18 Å². The van der Waals surface area contributed by atoms with Gasteiger partial charge in [-0.3, -0.25) is 4.68 Å². The molecule has 20 heavy (non-hydrogen) atoms. The third-order valence-electron chi connectivity index (χ3n) is 3.19. The second-order valence-electron chi connectivity index (χ2n) is 4.80. The lowest BCUT2D eigenvalue weighted by molar-refractivity contribution is -0.138. The van der Waals surface area contributed by atoms with E-state index in [4.69, 9.17) is 5.73 Å². The standard InChI is InChI=1S/C14H16F3N3/c1-9-7-10(20(2)19-9)8-13(18)11-5-3-4-6-12(11)14(15,16)17/h3-7,13H,8,18H2,1-2H3. The van der Waals surface area contributed by atoms with E-state index in [1.807, 2.05) is 13.0 Å². The molecule has 1 unspecified atom stereocenters. The molecule has 0 radical (unpaired) electrons. The van der Waals surface area contributed by atoms with Crippen molar-refractivity contribution in [3.05, 3.63) is 52.8 Å². The van der Waals surface area contributed by atoms with E-state index in [1.54, 1.807) is 17.8 Å². The molecule has 1 aromatic heterocycles. The van der Waals surface area contributed by atoms with Gasteiger partial charge in [0.2, 0.25) is 0 Å². The largest absolute Gasteiger partial charge is 0.416 e. The Labute approximate surface area is 115 Å². The molecule has 0 amide bonds. The third kappa shape index (κ3) is 3.01. The van der Waals surface area contributed by atoms with E-state index in [1.165, 1.54) is 12.1 Å². The minimum Gasteiger partial charge on any atom is -0.324 e. The van der Waals surface area contributed by atoms with Crippen LogP contribution in [0.2, 0.25) is 0 Å². The number of halogens is 3. The highest BCUT2D eigenvalue weighted by molar-refractivity contribution is 5.33. The average Bonchev–Trinajstić information content (AvgIpc) is 2.66. The molecule has 0 aliphatic carbocycles. The van der Waals surface area contributed by atoms with Crippen molar-refractivity contribution < 1.29 is 13.2 Å². The molecule has 0 fully saturated rings. The van der Waals surface area contributed by atoms with Crippen molar-refractivity contribution in [1.29, 1.82) is 0 Å². The number of alkyl halides is 3. The number of aryl methyl sites for hydroxylation is 2. The maximum atomic E-state index is 13.0. The van der Waals surface area contributed by atoms with Gasteiger partial charge in [0.15, 0.2) is 0 Å². The molecule has 0 saturated heterocycles. The fraction of sp³-hybridized carbons (Fsp3) is 0.357. The third-order valence-corrected chi connectivity index (χ3v) is 3.19. The summed E-state index contributed by atoms with van der Waals surface area (Å²) in [5, 5.41) is 4.17. The molecule has 3 nitrogen and oxygen atoms in total. The summed E-state index contributed by atoms with van der Waals surface area (Å²) in [5.74, 6) is 0. The lowest BCUT2D eigenvalue weighted by Gasteiger charge is -2.18. The number of aromatic nitrogens is 2. The van der Waals surface area contributed by atoms with Crippen molar-refractivity contribution in [2.24, 2.45) is 12.8 Å². The van der Waals surface area contributed by atoms with Gasteiger partial charge in [-0.15, -0.1) is 0 Å². The summed E-state index contributed by atoms with van der Waals surface area (Å²) in [6.45, 7) is 1.83. The van der Waals surface area contributed by atoms with Crippen molar-refractivity contribution in [3.63, 3.8) is 0 Å². The Morgan fingerprint density at radius 3 is 2.50 bits per heavy atom. The number of rotatable bonds is 3. The van der Waals surface area contributed by atoms with E-state index in [9.17, 15) is 13.2 Å². The maximum Gasteiger partial charge on any atom is 0.416 e. The Hall–Kier alpha value is -1.82. The first kappa shape index (κ1) is 14.6. The predicted octanol–water partition coefficient (Wildman–Crippen LogP) is 2.99. The molecular weight excluding hydrogens is 267 g/mol. The molecular formula is C14H16F3N3. The number of hydrogen-bond donors (Lipinski definition) is 1. The minimum absolute atomic E-state index is 0.110. The van der Waals surface area contributed by atoms with E-state index in [-0.39, 0.29) is 5.56 Å². The van der Waals surface area contributed by atoms with Gasteiger partial charge in [0.05, 0.1) is 11.3 Å². The number of benzene rings is 1. The Morgan fingerprint density at radius 2 is 1.95 bits per heavy atom. The van der Waals surface area contributed by atoms with Crippen LogP contribution in [-0.4, -0.2) is 9.78 Å². The lowest BCUT2D eigenvalue weighted by atomic mass is 9.97. The van der Waals surface area contributed by atoms with Crippen LogP contribution in [0.15, 0.2) is 30.3 Å². The molecule has 108 valence electrons. The van der Waals surface area contributed by atoms with Gasteiger partial charge in [-0.2, -0.15) is 18.3 Å². The number of nitrogens with two attached hydrogens (primary N) is 1. The second-order valence-corrected chi connectivity index (χ2v) is 4.80. The van der Waals surface area contributed by atoms with Gasteiger partial charge in [-0.1, -0.05) is 18.2 Å². The van der Waals surface area contributed by atoms with Gasteiger partial charge in [0.1, 0.15) is 0 Å². The highest BCUT2D eigenvalue weighted by Crippen LogP contribution is 2.34. The fourth-order valence-corrected chi connectivity index (χ4v) is 2.27. The van der Waals surface area contributed by atoms with Gasteiger partial charge in [0.25, 0.3) is 0 Å². The molecule has 1 atom stereocenters. The van der Waals surface area contributed by atoms with Crippen LogP contribution >= 0.6 is 0 Å². The van der Waals surface area contributed by atoms with Gasteiger partial charge in [0, 0.05) is 25.2 Å². The highest BCUT2D eigenvalue weighted by Gasteiger charge is 2.34. The van der Waals surface area contributed by atoms with Crippen molar-refractivity contribution >= 4 is 0 Å². The predicted molar refractivity (Wildman–Crippen MR) is 70.0 cm³/mol. The normalized spacial score (nSPS) is 13.5. The Morgan fingerprint density at radius 1 is 1.30 bits per heavy atom. The number of hydrogen-bond acceptors (Lipinski definition) is 2. The van der Waals surface area contributed by atoms with Crippen molar-refractivity contribution in [2.75, 3.05) is 0 Å². The van der Waals surface area contributed by atoms with Crippen LogP contribution in [0, 0.1) is 6.92 Å². The Balaban J connectivity index is 2.30. The summed E-state index contributed by atoms with van der Waals surface area (Å²) < 4.78 is 40.5. The zero-order chi connectivity index (χ0) is 14.9. The zero-order valence-corrected chi connectivity index (χ0v) is 11.3. The Kier molecular flexibility index (Phi) is 3.85. The first-order chi connectivity index (χ1) is 9.29. The summed E-state index contributed by atoms with van der Waals surface area (Å²) in [4.78, 5) is 0. The molecule has 2 N–H and O–H groups in total. The SMILES string of the molecule is Cc1cc(CC(N)c2ccccc2C(F)(F)F)n(C)n1. The van der Waals surface area contributed by atoms with E-state index < -0.39 is 17.8 Å². The quantitative estimate of drug-likeness (QED) is 0.941. The van der Waals surface area contributed by atoms with Gasteiger partial charge in [-0.05, 0) is 24.6 Å². The average molecular weight is 283 g/mol. The summed E-state index contributed by atoms with van der Waals surface area (Å²) >= 11 is 0. The van der Waals surface area contributed by atoms with Gasteiger partial charge in [-0.25, -0.2) is 0 Å². The molecule has 6 heteroatoms. The molecule has 0 bridgehead atoms. The topological polar surface area (TPSA) is 43.8 Å². The lowest BCUT2D eigenvalue weighted by Crippen LogP contribution is -2.20. The molecule has 1 aromatic carbocycles. The molecule has 0 spiro atoms. The van der Waals surface area contributed by atoms with Crippen LogP contribution in [0.5, 0.6) is 0 Å². The van der Waals surface area contributed by atoms with Crippen LogP contribution in [0.3, 0.4) is 0 Å². The highest BCUT2D eigenvalue weighted by atomic mass is 19.4. The van der Waals surface area contributed by atoms with Crippen LogP contribution in [0.4, 0.5) is 13.2 Å².